The lowest BCUT2D eigenvalue weighted by atomic mass is 10.1. The van der Waals surface area contributed by atoms with E-state index >= 15 is 0 Å². The van der Waals surface area contributed by atoms with Crippen molar-refractivity contribution in [3.05, 3.63) is 28.8 Å². The second-order valence-electron chi connectivity index (χ2n) is 3.05. The highest BCUT2D eigenvalue weighted by molar-refractivity contribution is 6.32. The van der Waals surface area contributed by atoms with E-state index in [1.54, 1.807) is 0 Å². The van der Waals surface area contributed by atoms with Gasteiger partial charge >= 0.3 is 6.18 Å². The molecule has 0 saturated carbocycles. The van der Waals surface area contributed by atoms with Gasteiger partial charge in [0.1, 0.15) is 5.75 Å². The first-order chi connectivity index (χ1) is 6.80. The molecule has 1 unspecified atom stereocenters. The number of aromatic hydroxyl groups is 1. The molecule has 0 amide bonds. The summed E-state index contributed by atoms with van der Waals surface area (Å²) >= 11 is 5.50. The van der Waals surface area contributed by atoms with Crippen molar-refractivity contribution in [3.8, 4) is 5.75 Å². The molecule has 0 spiro atoms. The zero-order chi connectivity index (χ0) is 11.6. The largest absolute Gasteiger partial charge is 0.506 e. The molecule has 0 aliphatic rings. The molecular formula is C9H8ClF3O2. The Hall–Kier alpha value is -0.940. The zero-order valence-electron chi connectivity index (χ0n) is 7.42. The molecule has 2 N–H and O–H groups in total. The highest BCUT2D eigenvalue weighted by atomic mass is 35.5. The van der Waals surface area contributed by atoms with E-state index in [0.29, 0.717) is 0 Å². The number of hydrogen-bond donors (Lipinski definition) is 2. The third-order valence-corrected chi connectivity index (χ3v) is 2.12. The maximum Gasteiger partial charge on any atom is 0.414 e. The second kappa shape index (κ2) is 4.28. The third kappa shape index (κ3) is 3.28. The van der Waals surface area contributed by atoms with Crippen LogP contribution in [-0.2, 0) is 6.42 Å². The molecule has 84 valence electrons. The average molecular weight is 241 g/mol. The number of halogens is 4. The summed E-state index contributed by atoms with van der Waals surface area (Å²) in [5.74, 6) is -0.207. The van der Waals surface area contributed by atoms with Crippen LogP contribution in [0.3, 0.4) is 0 Å². The van der Waals surface area contributed by atoms with E-state index in [2.05, 4.69) is 0 Å². The summed E-state index contributed by atoms with van der Waals surface area (Å²) in [5, 5.41) is 17.7. The van der Waals surface area contributed by atoms with Crippen molar-refractivity contribution in [3.63, 3.8) is 0 Å². The number of benzene rings is 1. The van der Waals surface area contributed by atoms with Crippen LogP contribution in [0, 0.1) is 0 Å². The summed E-state index contributed by atoms with van der Waals surface area (Å²) < 4.78 is 35.9. The minimum atomic E-state index is -4.65. The highest BCUT2D eigenvalue weighted by Gasteiger charge is 2.37. The molecule has 0 aliphatic carbocycles. The maximum absolute atomic E-state index is 12.0. The molecule has 1 atom stereocenters. The average Bonchev–Trinajstić information content (AvgIpc) is 2.10. The molecule has 1 aromatic rings. The van der Waals surface area contributed by atoms with Crippen molar-refractivity contribution in [2.24, 2.45) is 0 Å². The Labute approximate surface area is 88.9 Å². The summed E-state index contributed by atoms with van der Waals surface area (Å²) in [5.41, 5.74) is 0.211. The first-order valence-corrected chi connectivity index (χ1v) is 4.40. The molecule has 1 aromatic carbocycles. The Morgan fingerprint density at radius 1 is 1.33 bits per heavy atom. The molecule has 6 heteroatoms. The van der Waals surface area contributed by atoms with Crippen LogP contribution >= 0.6 is 11.6 Å². The lowest BCUT2D eigenvalue weighted by molar-refractivity contribution is -0.203. The predicted molar refractivity (Wildman–Crippen MR) is 48.9 cm³/mol. The van der Waals surface area contributed by atoms with Gasteiger partial charge in [-0.05, 0) is 17.7 Å². The predicted octanol–water partition coefficient (Wildman–Crippen LogP) is 2.51. The highest BCUT2D eigenvalue weighted by Crippen LogP contribution is 2.27. The number of aliphatic hydroxyl groups is 1. The molecule has 0 aliphatic heterocycles. The van der Waals surface area contributed by atoms with Gasteiger partial charge in [-0.15, -0.1) is 0 Å². The lowest BCUT2D eigenvalue weighted by Gasteiger charge is -2.14. The van der Waals surface area contributed by atoms with Crippen molar-refractivity contribution in [1.29, 1.82) is 0 Å². The van der Waals surface area contributed by atoms with Crippen molar-refractivity contribution >= 4 is 11.6 Å². The van der Waals surface area contributed by atoms with Gasteiger partial charge < -0.3 is 10.2 Å². The lowest BCUT2D eigenvalue weighted by Crippen LogP contribution is -2.30. The van der Waals surface area contributed by atoms with Gasteiger partial charge in [0.05, 0.1) is 5.02 Å². The first-order valence-electron chi connectivity index (χ1n) is 4.03. The number of aliphatic hydroxyl groups excluding tert-OH is 1. The van der Waals surface area contributed by atoms with Gasteiger partial charge in [-0.1, -0.05) is 17.7 Å². The van der Waals surface area contributed by atoms with E-state index < -0.39 is 18.7 Å². The molecule has 0 saturated heterocycles. The van der Waals surface area contributed by atoms with Crippen LogP contribution in [0.4, 0.5) is 13.2 Å². The molecule has 2 nitrogen and oxygen atoms in total. The number of phenolic OH excluding ortho intramolecular Hbond substituents is 1. The summed E-state index contributed by atoms with van der Waals surface area (Å²) in [6.07, 6.45) is -7.65. The Balaban J connectivity index is 2.78. The smallest absolute Gasteiger partial charge is 0.414 e. The minimum absolute atomic E-state index is 0.0399. The minimum Gasteiger partial charge on any atom is -0.506 e. The fraction of sp³-hybridized carbons (Fsp3) is 0.333. The fourth-order valence-corrected chi connectivity index (χ4v) is 1.22. The van der Waals surface area contributed by atoms with E-state index in [4.69, 9.17) is 21.8 Å². The van der Waals surface area contributed by atoms with Crippen molar-refractivity contribution in [2.45, 2.75) is 18.7 Å². The normalized spacial score (nSPS) is 13.9. The number of hydrogen-bond acceptors (Lipinski definition) is 2. The van der Waals surface area contributed by atoms with Crippen molar-refractivity contribution in [1.82, 2.24) is 0 Å². The molecule has 0 aromatic heterocycles. The summed E-state index contributed by atoms with van der Waals surface area (Å²) in [4.78, 5) is 0. The fourth-order valence-electron chi connectivity index (χ4n) is 1.02. The Kier molecular flexibility index (Phi) is 3.46. The molecule has 0 fully saturated rings. The summed E-state index contributed by atoms with van der Waals surface area (Å²) in [6, 6.07) is 3.64. The van der Waals surface area contributed by atoms with Crippen molar-refractivity contribution < 1.29 is 23.4 Å². The quantitative estimate of drug-likeness (QED) is 0.834. The van der Waals surface area contributed by atoms with Crippen molar-refractivity contribution in [2.75, 3.05) is 0 Å². The maximum atomic E-state index is 12.0. The van der Waals surface area contributed by atoms with Crippen LogP contribution < -0.4 is 0 Å². The standard InChI is InChI=1S/C9H8ClF3O2/c10-6-3-5(1-2-7(6)14)4-8(15)9(11,12)13/h1-3,8,14-15H,4H2. The van der Waals surface area contributed by atoms with Gasteiger partial charge in [0.25, 0.3) is 0 Å². The van der Waals surface area contributed by atoms with Gasteiger partial charge in [-0.2, -0.15) is 13.2 Å². The Bertz CT molecular complexity index is 352. The van der Waals surface area contributed by atoms with Crippen LogP contribution in [0.2, 0.25) is 5.02 Å². The van der Waals surface area contributed by atoms with E-state index in [-0.39, 0.29) is 16.3 Å². The molecule has 0 heterocycles. The van der Waals surface area contributed by atoms with E-state index in [1.165, 1.54) is 18.2 Å². The number of phenols is 1. The number of alkyl halides is 3. The van der Waals surface area contributed by atoms with Crippen LogP contribution in [0.5, 0.6) is 5.75 Å². The van der Waals surface area contributed by atoms with Gasteiger partial charge in [0.15, 0.2) is 6.10 Å². The molecule has 15 heavy (non-hydrogen) atoms. The van der Waals surface area contributed by atoms with Crippen LogP contribution in [0.25, 0.3) is 0 Å². The van der Waals surface area contributed by atoms with E-state index in [9.17, 15) is 13.2 Å². The number of rotatable bonds is 2. The van der Waals surface area contributed by atoms with Gasteiger partial charge in [-0.25, -0.2) is 0 Å². The monoisotopic (exact) mass is 240 g/mol. The van der Waals surface area contributed by atoms with Gasteiger partial charge in [0, 0.05) is 6.42 Å². The second-order valence-corrected chi connectivity index (χ2v) is 3.45. The van der Waals surface area contributed by atoms with E-state index in [0.717, 1.165) is 0 Å². The molecule has 0 bridgehead atoms. The molecule has 0 radical (unpaired) electrons. The van der Waals surface area contributed by atoms with Gasteiger partial charge in [-0.3, -0.25) is 0 Å². The van der Waals surface area contributed by atoms with E-state index in [1.807, 2.05) is 0 Å². The van der Waals surface area contributed by atoms with Crippen LogP contribution in [0.1, 0.15) is 5.56 Å². The molecule has 1 rings (SSSR count). The summed E-state index contributed by atoms with van der Waals surface area (Å²) in [6.45, 7) is 0. The Morgan fingerprint density at radius 2 is 1.93 bits per heavy atom. The Morgan fingerprint density at radius 3 is 2.40 bits per heavy atom. The first kappa shape index (κ1) is 12.1. The molecular weight excluding hydrogens is 233 g/mol. The summed E-state index contributed by atoms with van der Waals surface area (Å²) in [7, 11) is 0. The topological polar surface area (TPSA) is 40.5 Å². The van der Waals surface area contributed by atoms with Crippen LogP contribution in [-0.4, -0.2) is 22.5 Å². The van der Waals surface area contributed by atoms with Gasteiger partial charge in [0.2, 0.25) is 0 Å². The zero-order valence-corrected chi connectivity index (χ0v) is 8.18. The van der Waals surface area contributed by atoms with Crippen LogP contribution in [0.15, 0.2) is 18.2 Å². The SMILES string of the molecule is Oc1ccc(CC(O)C(F)(F)F)cc1Cl. The third-order valence-electron chi connectivity index (χ3n) is 1.82.